The highest BCUT2D eigenvalue weighted by atomic mass is 16.7. The van der Waals surface area contributed by atoms with E-state index in [1.165, 1.54) is 0 Å². The standard InChI is InChI=1S/C16H24N2O5/c1-2-18(16(20)17-6-3-8-21-9-7-19)11-13-4-5-14-15(10-13)23-12-22-14/h4-5,10,19H,2-3,6-9,11-12H2,1H3,(H,17,20). The van der Waals surface area contributed by atoms with Crippen LogP contribution < -0.4 is 14.8 Å². The van der Waals surface area contributed by atoms with Crippen molar-refractivity contribution in [1.29, 1.82) is 0 Å². The Kier molecular flexibility index (Phi) is 6.96. The molecule has 1 aliphatic heterocycles. The highest BCUT2D eigenvalue weighted by molar-refractivity contribution is 5.74. The number of benzene rings is 1. The van der Waals surface area contributed by atoms with Crippen LogP contribution in [0.1, 0.15) is 18.9 Å². The molecular weight excluding hydrogens is 300 g/mol. The van der Waals surface area contributed by atoms with Gasteiger partial charge in [0.15, 0.2) is 11.5 Å². The second-order valence-corrected chi connectivity index (χ2v) is 5.12. The molecule has 1 aromatic rings. The van der Waals surface area contributed by atoms with Crippen LogP contribution >= 0.6 is 0 Å². The fraction of sp³-hybridized carbons (Fsp3) is 0.562. The topological polar surface area (TPSA) is 80.3 Å². The first-order valence-electron chi connectivity index (χ1n) is 7.84. The van der Waals surface area contributed by atoms with Gasteiger partial charge in [0, 0.05) is 26.2 Å². The van der Waals surface area contributed by atoms with Crippen LogP contribution in [0.5, 0.6) is 11.5 Å². The zero-order valence-corrected chi connectivity index (χ0v) is 13.4. The molecule has 0 unspecified atom stereocenters. The van der Waals surface area contributed by atoms with Gasteiger partial charge < -0.3 is 29.5 Å². The average Bonchev–Trinajstić information content (AvgIpc) is 3.03. The highest BCUT2D eigenvalue weighted by Crippen LogP contribution is 2.32. The molecule has 2 rings (SSSR count). The van der Waals surface area contributed by atoms with Crippen molar-refractivity contribution in [3.63, 3.8) is 0 Å². The van der Waals surface area contributed by atoms with Gasteiger partial charge in [0.25, 0.3) is 0 Å². The Labute approximate surface area is 136 Å². The van der Waals surface area contributed by atoms with E-state index in [9.17, 15) is 4.79 Å². The third kappa shape index (κ3) is 5.30. The smallest absolute Gasteiger partial charge is 0.317 e. The Hall–Kier alpha value is -1.99. The maximum atomic E-state index is 12.2. The van der Waals surface area contributed by atoms with Gasteiger partial charge in [0.2, 0.25) is 6.79 Å². The number of nitrogens with zero attached hydrogens (tertiary/aromatic N) is 1. The summed E-state index contributed by atoms with van der Waals surface area (Å²) in [6.45, 7) is 4.73. The fourth-order valence-electron chi connectivity index (χ4n) is 2.23. The van der Waals surface area contributed by atoms with E-state index in [4.69, 9.17) is 19.3 Å². The van der Waals surface area contributed by atoms with E-state index >= 15 is 0 Å². The van der Waals surface area contributed by atoms with Crippen molar-refractivity contribution in [2.45, 2.75) is 19.9 Å². The number of nitrogens with one attached hydrogen (secondary N) is 1. The van der Waals surface area contributed by atoms with Gasteiger partial charge in [-0.05, 0) is 31.0 Å². The van der Waals surface area contributed by atoms with Gasteiger partial charge in [-0.2, -0.15) is 0 Å². The minimum atomic E-state index is -0.104. The van der Waals surface area contributed by atoms with Crippen molar-refractivity contribution in [1.82, 2.24) is 10.2 Å². The number of hydrogen-bond acceptors (Lipinski definition) is 5. The summed E-state index contributed by atoms with van der Waals surface area (Å²) >= 11 is 0. The summed E-state index contributed by atoms with van der Waals surface area (Å²) in [6, 6.07) is 5.60. The monoisotopic (exact) mass is 324 g/mol. The molecule has 2 N–H and O–H groups in total. The Bertz CT molecular complexity index is 509. The molecule has 0 aliphatic carbocycles. The molecule has 1 aromatic carbocycles. The number of amides is 2. The first-order valence-corrected chi connectivity index (χ1v) is 7.84. The molecule has 0 radical (unpaired) electrons. The molecule has 0 saturated heterocycles. The Morgan fingerprint density at radius 3 is 2.96 bits per heavy atom. The molecule has 0 spiro atoms. The highest BCUT2D eigenvalue weighted by Gasteiger charge is 2.16. The van der Waals surface area contributed by atoms with Crippen molar-refractivity contribution in [3.05, 3.63) is 23.8 Å². The summed E-state index contributed by atoms with van der Waals surface area (Å²) in [4.78, 5) is 13.9. The van der Waals surface area contributed by atoms with Crippen LogP contribution in [0.3, 0.4) is 0 Å². The van der Waals surface area contributed by atoms with Crippen LogP contribution in [-0.4, -0.2) is 55.7 Å². The minimum Gasteiger partial charge on any atom is -0.454 e. The first-order chi connectivity index (χ1) is 11.2. The van der Waals surface area contributed by atoms with Crippen LogP contribution in [0.4, 0.5) is 4.79 Å². The van der Waals surface area contributed by atoms with E-state index in [2.05, 4.69) is 5.32 Å². The Balaban J connectivity index is 1.76. The van der Waals surface area contributed by atoms with Gasteiger partial charge in [0.05, 0.1) is 13.2 Å². The van der Waals surface area contributed by atoms with Crippen LogP contribution in [0.15, 0.2) is 18.2 Å². The molecular formula is C16H24N2O5. The fourth-order valence-corrected chi connectivity index (χ4v) is 2.23. The zero-order chi connectivity index (χ0) is 16.5. The average molecular weight is 324 g/mol. The first kappa shape index (κ1) is 17.4. The van der Waals surface area contributed by atoms with E-state index in [0.29, 0.717) is 39.3 Å². The predicted molar refractivity (Wildman–Crippen MR) is 84.6 cm³/mol. The van der Waals surface area contributed by atoms with Crippen molar-refractivity contribution >= 4 is 6.03 Å². The van der Waals surface area contributed by atoms with Gasteiger partial charge in [-0.15, -0.1) is 0 Å². The minimum absolute atomic E-state index is 0.0193. The lowest BCUT2D eigenvalue weighted by molar-refractivity contribution is 0.0907. The Morgan fingerprint density at radius 1 is 1.35 bits per heavy atom. The quantitative estimate of drug-likeness (QED) is 0.670. The number of hydrogen-bond donors (Lipinski definition) is 2. The van der Waals surface area contributed by atoms with Gasteiger partial charge in [-0.3, -0.25) is 0 Å². The number of fused-ring (bicyclic) bond motifs is 1. The molecule has 0 saturated carbocycles. The summed E-state index contributed by atoms with van der Waals surface area (Å²) in [5, 5.41) is 11.5. The van der Waals surface area contributed by atoms with Gasteiger partial charge >= 0.3 is 6.03 Å². The van der Waals surface area contributed by atoms with Crippen LogP contribution in [0.25, 0.3) is 0 Å². The number of carbonyl (C=O) groups excluding carboxylic acids is 1. The van der Waals surface area contributed by atoms with Crippen LogP contribution in [-0.2, 0) is 11.3 Å². The molecule has 7 heteroatoms. The summed E-state index contributed by atoms with van der Waals surface area (Å²) in [5.41, 5.74) is 0.998. The van der Waals surface area contributed by atoms with Crippen molar-refractivity contribution in [2.75, 3.05) is 39.7 Å². The maximum absolute atomic E-state index is 12.2. The number of aliphatic hydroxyl groups is 1. The normalized spacial score (nSPS) is 12.3. The molecule has 0 bridgehead atoms. The van der Waals surface area contributed by atoms with Gasteiger partial charge in [-0.25, -0.2) is 4.79 Å². The lowest BCUT2D eigenvalue weighted by Crippen LogP contribution is -2.40. The number of aliphatic hydroxyl groups excluding tert-OH is 1. The van der Waals surface area contributed by atoms with E-state index in [1.807, 2.05) is 25.1 Å². The zero-order valence-electron chi connectivity index (χ0n) is 13.4. The van der Waals surface area contributed by atoms with E-state index < -0.39 is 0 Å². The largest absolute Gasteiger partial charge is 0.454 e. The number of rotatable bonds is 9. The van der Waals surface area contributed by atoms with Crippen LogP contribution in [0.2, 0.25) is 0 Å². The summed E-state index contributed by atoms with van der Waals surface area (Å²) in [7, 11) is 0. The van der Waals surface area contributed by atoms with Crippen LogP contribution in [0, 0.1) is 0 Å². The molecule has 128 valence electrons. The lowest BCUT2D eigenvalue weighted by Gasteiger charge is -2.21. The molecule has 1 heterocycles. The second kappa shape index (κ2) is 9.22. The second-order valence-electron chi connectivity index (χ2n) is 5.12. The predicted octanol–water partition coefficient (Wildman–Crippen LogP) is 1.35. The lowest BCUT2D eigenvalue weighted by atomic mass is 10.2. The molecule has 23 heavy (non-hydrogen) atoms. The maximum Gasteiger partial charge on any atom is 0.317 e. The molecule has 1 aliphatic rings. The summed E-state index contributed by atoms with van der Waals surface area (Å²) in [5.74, 6) is 1.46. The third-order valence-electron chi connectivity index (χ3n) is 3.46. The van der Waals surface area contributed by atoms with Gasteiger partial charge in [0.1, 0.15) is 0 Å². The van der Waals surface area contributed by atoms with E-state index in [-0.39, 0.29) is 19.4 Å². The van der Waals surface area contributed by atoms with Crippen molar-refractivity contribution < 1.29 is 24.1 Å². The number of urea groups is 1. The Morgan fingerprint density at radius 2 is 2.17 bits per heavy atom. The molecule has 0 aromatic heterocycles. The van der Waals surface area contributed by atoms with Crippen molar-refractivity contribution in [3.8, 4) is 11.5 Å². The van der Waals surface area contributed by atoms with Gasteiger partial charge in [-0.1, -0.05) is 6.07 Å². The van der Waals surface area contributed by atoms with Crippen molar-refractivity contribution in [2.24, 2.45) is 0 Å². The number of ether oxygens (including phenoxy) is 3. The summed E-state index contributed by atoms with van der Waals surface area (Å²) in [6.07, 6.45) is 0.716. The number of carbonyl (C=O) groups is 1. The molecule has 0 fully saturated rings. The third-order valence-corrected chi connectivity index (χ3v) is 3.46. The molecule has 7 nitrogen and oxygen atoms in total. The van der Waals surface area contributed by atoms with E-state index in [1.54, 1.807) is 4.90 Å². The summed E-state index contributed by atoms with van der Waals surface area (Å²) < 4.78 is 15.8. The van der Waals surface area contributed by atoms with E-state index in [0.717, 1.165) is 17.1 Å². The SMILES string of the molecule is CCN(Cc1ccc2c(c1)OCO2)C(=O)NCCCOCCO. The molecule has 2 amide bonds. The molecule has 0 atom stereocenters.